The summed E-state index contributed by atoms with van der Waals surface area (Å²) in [6.07, 6.45) is 4.66. The Balaban J connectivity index is 1.27. The van der Waals surface area contributed by atoms with Crippen LogP contribution in [0.1, 0.15) is 29.0 Å². The van der Waals surface area contributed by atoms with E-state index in [0.717, 1.165) is 16.8 Å². The standard InChI is InChI=1S/C27H26N6O2/c34-26(29-19-20-8-7-15-28-18-20)22-13-16-32(17-14-22)27(35)24-30-25(21-9-3-1-4-10-21)33(31-24)23-11-5-2-6-12-23/h1-12,15,18,22H,13-14,16-17,19H2,(H,29,34). The molecule has 0 saturated carbocycles. The predicted molar refractivity (Wildman–Crippen MR) is 132 cm³/mol. The Labute approximate surface area is 203 Å². The first-order valence-corrected chi connectivity index (χ1v) is 11.7. The Morgan fingerprint density at radius 1 is 0.914 bits per heavy atom. The molecule has 1 aliphatic heterocycles. The molecule has 1 N–H and O–H groups in total. The van der Waals surface area contributed by atoms with Crippen LogP contribution in [0.2, 0.25) is 0 Å². The highest BCUT2D eigenvalue weighted by molar-refractivity contribution is 5.91. The number of piperidine rings is 1. The first-order chi connectivity index (χ1) is 17.2. The molecule has 3 heterocycles. The Morgan fingerprint density at radius 2 is 1.63 bits per heavy atom. The van der Waals surface area contributed by atoms with E-state index in [1.807, 2.05) is 72.8 Å². The van der Waals surface area contributed by atoms with E-state index in [4.69, 9.17) is 0 Å². The van der Waals surface area contributed by atoms with Gasteiger partial charge in [0.15, 0.2) is 5.82 Å². The van der Waals surface area contributed by atoms with Crippen LogP contribution < -0.4 is 5.32 Å². The second-order valence-corrected chi connectivity index (χ2v) is 8.52. The number of benzene rings is 2. The number of likely N-dealkylation sites (tertiary alicyclic amines) is 1. The molecule has 1 aliphatic rings. The first-order valence-electron chi connectivity index (χ1n) is 11.7. The van der Waals surface area contributed by atoms with E-state index in [9.17, 15) is 9.59 Å². The number of pyridine rings is 1. The van der Waals surface area contributed by atoms with Gasteiger partial charge in [0.1, 0.15) is 0 Å². The molecule has 1 fully saturated rings. The lowest BCUT2D eigenvalue weighted by molar-refractivity contribution is -0.126. The number of amides is 2. The van der Waals surface area contributed by atoms with Crippen molar-refractivity contribution in [3.63, 3.8) is 0 Å². The lowest BCUT2D eigenvalue weighted by Crippen LogP contribution is -2.43. The maximum absolute atomic E-state index is 13.3. The van der Waals surface area contributed by atoms with E-state index in [-0.39, 0.29) is 23.6 Å². The smallest absolute Gasteiger partial charge is 0.293 e. The molecule has 5 rings (SSSR count). The zero-order valence-corrected chi connectivity index (χ0v) is 19.2. The SMILES string of the molecule is O=C(NCc1cccnc1)C1CCN(C(=O)c2nc(-c3ccccc3)n(-c3ccccc3)n2)CC1. The van der Waals surface area contributed by atoms with Gasteiger partial charge in [-0.3, -0.25) is 14.6 Å². The molecule has 2 amide bonds. The van der Waals surface area contributed by atoms with Gasteiger partial charge in [-0.15, -0.1) is 5.10 Å². The quantitative estimate of drug-likeness (QED) is 0.470. The zero-order valence-electron chi connectivity index (χ0n) is 19.2. The number of rotatable bonds is 6. The van der Waals surface area contributed by atoms with Crippen molar-refractivity contribution in [3.05, 3.63) is 96.6 Å². The number of hydrogen-bond donors (Lipinski definition) is 1. The number of hydrogen-bond acceptors (Lipinski definition) is 5. The maximum atomic E-state index is 13.3. The Kier molecular flexibility index (Phi) is 6.61. The Hall–Kier alpha value is -4.33. The summed E-state index contributed by atoms with van der Waals surface area (Å²) >= 11 is 0. The second-order valence-electron chi connectivity index (χ2n) is 8.52. The predicted octanol–water partition coefficient (Wildman–Crippen LogP) is 3.50. The minimum atomic E-state index is -0.217. The van der Waals surface area contributed by atoms with Gasteiger partial charge in [-0.05, 0) is 36.6 Å². The largest absolute Gasteiger partial charge is 0.352 e. The van der Waals surface area contributed by atoms with Crippen molar-refractivity contribution in [2.24, 2.45) is 5.92 Å². The van der Waals surface area contributed by atoms with Gasteiger partial charge in [-0.25, -0.2) is 9.67 Å². The van der Waals surface area contributed by atoms with Crippen LogP contribution in [-0.2, 0) is 11.3 Å². The van der Waals surface area contributed by atoms with Gasteiger partial charge in [0.2, 0.25) is 11.7 Å². The van der Waals surface area contributed by atoms with Crippen molar-refractivity contribution in [2.75, 3.05) is 13.1 Å². The highest BCUT2D eigenvalue weighted by atomic mass is 16.2. The van der Waals surface area contributed by atoms with E-state index < -0.39 is 0 Å². The molecule has 8 nitrogen and oxygen atoms in total. The molecule has 0 bridgehead atoms. The van der Waals surface area contributed by atoms with Gasteiger partial charge in [0, 0.05) is 43.5 Å². The summed E-state index contributed by atoms with van der Waals surface area (Å²) in [5.41, 5.74) is 2.68. The number of aromatic nitrogens is 4. The van der Waals surface area contributed by atoms with Crippen LogP contribution in [0, 0.1) is 5.92 Å². The van der Waals surface area contributed by atoms with Crippen molar-refractivity contribution in [1.82, 2.24) is 30.0 Å². The number of para-hydroxylation sites is 1. The average molecular weight is 467 g/mol. The number of carbonyl (C=O) groups is 2. The molecule has 0 spiro atoms. The Bertz CT molecular complexity index is 1230. The Morgan fingerprint density at radius 3 is 2.31 bits per heavy atom. The van der Waals surface area contributed by atoms with Gasteiger partial charge in [0.05, 0.1) is 5.69 Å². The molecule has 1 saturated heterocycles. The minimum absolute atomic E-state index is 0.0128. The normalized spacial score (nSPS) is 14.0. The molecule has 4 aromatic rings. The van der Waals surface area contributed by atoms with Crippen LogP contribution in [0.4, 0.5) is 0 Å². The minimum Gasteiger partial charge on any atom is -0.352 e. The van der Waals surface area contributed by atoms with Gasteiger partial charge in [-0.2, -0.15) is 0 Å². The number of carbonyl (C=O) groups excluding carboxylic acids is 2. The molecule has 0 unspecified atom stereocenters. The van der Waals surface area contributed by atoms with E-state index >= 15 is 0 Å². The summed E-state index contributed by atoms with van der Waals surface area (Å²) in [6.45, 7) is 1.43. The van der Waals surface area contributed by atoms with Crippen molar-refractivity contribution < 1.29 is 9.59 Å². The molecule has 8 heteroatoms. The molecule has 0 radical (unpaired) electrons. The van der Waals surface area contributed by atoms with E-state index in [2.05, 4.69) is 20.4 Å². The molecule has 35 heavy (non-hydrogen) atoms. The molecule has 2 aromatic carbocycles. The van der Waals surface area contributed by atoms with E-state index in [1.165, 1.54) is 0 Å². The summed E-state index contributed by atoms with van der Waals surface area (Å²) in [5, 5.41) is 7.56. The van der Waals surface area contributed by atoms with Crippen molar-refractivity contribution in [2.45, 2.75) is 19.4 Å². The molecule has 2 aromatic heterocycles. The zero-order chi connectivity index (χ0) is 24.0. The number of nitrogens with zero attached hydrogens (tertiary/aromatic N) is 5. The van der Waals surface area contributed by atoms with Crippen LogP contribution >= 0.6 is 0 Å². The molecular formula is C27H26N6O2. The fourth-order valence-electron chi connectivity index (χ4n) is 4.25. The highest BCUT2D eigenvalue weighted by Gasteiger charge is 2.30. The average Bonchev–Trinajstić information content (AvgIpc) is 3.39. The molecular weight excluding hydrogens is 440 g/mol. The number of nitrogens with one attached hydrogen (secondary N) is 1. The van der Waals surface area contributed by atoms with Gasteiger partial charge < -0.3 is 10.2 Å². The van der Waals surface area contributed by atoms with Gasteiger partial charge >= 0.3 is 0 Å². The fraction of sp³-hybridized carbons (Fsp3) is 0.222. The highest BCUT2D eigenvalue weighted by Crippen LogP contribution is 2.23. The molecule has 0 aliphatic carbocycles. The third kappa shape index (κ3) is 5.11. The fourth-order valence-corrected chi connectivity index (χ4v) is 4.25. The van der Waals surface area contributed by atoms with Crippen molar-refractivity contribution >= 4 is 11.8 Å². The van der Waals surface area contributed by atoms with Gasteiger partial charge in [-0.1, -0.05) is 54.6 Å². The van der Waals surface area contributed by atoms with Crippen LogP contribution in [0.5, 0.6) is 0 Å². The summed E-state index contributed by atoms with van der Waals surface area (Å²) in [5.74, 6) is 0.451. The lowest BCUT2D eigenvalue weighted by atomic mass is 9.95. The lowest BCUT2D eigenvalue weighted by Gasteiger charge is -2.30. The summed E-state index contributed by atoms with van der Waals surface area (Å²) in [6, 6.07) is 23.2. The third-order valence-electron chi connectivity index (χ3n) is 6.17. The molecule has 0 atom stereocenters. The molecule has 176 valence electrons. The summed E-state index contributed by atoms with van der Waals surface area (Å²) < 4.78 is 1.71. The topological polar surface area (TPSA) is 93.0 Å². The van der Waals surface area contributed by atoms with Crippen LogP contribution in [-0.4, -0.2) is 49.6 Å². The third-order valence-corrected chi connectivity index (χ3v) is 6.17. The second kappa shape index (κ2) is 10.3. The van der Waals surface area contributed by atoms with Gasteiger partial charge in [0.25, 0.3) is 5.91 Å². The van der Waals surface area contributed by atoms with Crippen molar-refractivity contribution in [1.29, 1.82) is 0 Å². The summed E-state index contributed by atoms with van der Waals surface area (Å²) in [7, 11) is 0. The van der Waals surface area contributed by atoms with Crippen molar-refractivity contribution in [3.8, 4) is 17.1 Å². The van der Waals surface area contributed by atoms with E-state index in [1.54, 1.807) is 22.0 Å². The monoisotopic (exact) mass is 466 g/mol. The van der Waals surface area contributed by atoms with Crippen LogP contribution in [0.15, 0.2) is 85.2 Å². The maximum Gasteiger partial charge on any atom is 0.293 e. The summed E-state index contributed by atoms with van der Waals surface area (Å²) in [4.78, 5) is 36.3. The van der Waals surface area contributed by atoms with E-state index in [0.29, 0.717) is 38.3 Å². The first kappa shape index (κ1) is 22.5. The van der Waals surface area contributed by atoms with Crippen LogP contribution in [0.25, 0.3) is 17.1 Å². The van der Waals surface area contributed by atoms with Crippen LogP contribution in [0.3, 0.4) is 0 Å².